The van der Waals surface area contributed by atoms with E-state index in [9.17, 15) is 13.2 Å². The van der Waals surface area contributed by atoms with Gasteiger partial charge in [-0.1, -0.05) is 17.7 Å². The molecule has 0 spiro atoms. The van der Waals surface area contributed by atoms with E-state index in [1.54, 1.807) is 12.1 Å². The highest BCUT2D eigenvalue weighted by atomic mass is 19.2. The van der Waals surface area contributed by atoms with Crippen LogP contribution < -0.4 is 10.6 Å². The first-order valence-electron chi connectivity index (χ1n) is 8.30. The summed E-state index contributed by atoms with van der Waals surface area (Å²) in [6.07, 6.45) is 4.07. The highest BCUT2D eigenvalue weighted by Gasteiger charge is 2.17. The second-order valence-corrected chi connectivity index (χ2v) is 6.31. The molecule has 0 unspecified atom stereocenters. The zero-order chi connectivity index (χ0) is 19.0. The van der Waals surface area contributed by atoms with Gasteiger partial charge in [0, 0.05) is 23.5 Å². The number of allylic oxidation sites excluding steroid dienone is 1. The first kappa shape index (κ1) is 17.1. The van der Waals surface area contributed by atoms with Crippen LogP contribution in [0.4, 0.5) is 36.3 Å². The molecule has 0 amide bonds. The van der Waals surface area contributed by atoms with E-state index in [4.69, 9.17) is 0 Å². The molecule has 0 radical (unpaired) electrons. The molecule has 2 N–H and O–H groups in total. The van der Waals surface area contributed by atoms with Gasteiger partial charge in [-0.3, -0.25) is 0 Å². The lowest BCUT2D eigenvalue weighted by molar-refractivity contribution is 0.509. The van der Waals surface area contributed by atoms with Crippen molar-refractivity contribution in [1.82, 2.24) is 9.97 Å². The molecule has 3 aromatic rings. The minimum Gasteiger partial charge on any atom is -0.338 e. The minimum absolute atomic E-state index is 0.170. The Bertz CT molecular complexity index is 1060. The van der Waals surface area contributed by atoms with E-state index >= 15 is 0 Å². The molecule has 4 nitrogen and oxygen atoms in total. The predicted molar refractivity (Wildman–Crippen MR) is 98.7 cm³/mol. The van der Waals surface area contributed by atoms with Crippen LogP contribution in [-0.2, 0) is 6.42 Å². The van der Waals surface area contributed by atoms with Crippen LogP contribution in [0.3, 0.4) is 0 Å². The van der Waals surface area contributed by atoms with E-state index in [1.165, 1.54) is 12.3 Å². The van der Waals surface area contributed by atoms with Gasteiger partial charge in [-0.05, 0) is 43.2 Å². The summed E-state index contributed by atoms with van der Waals surface area (Å²) in [5.41, 5.74) is 3.26. The highest BCUT2D eigenvalue weighted by molar-refractivity contribution is 5.71. The fourth-order valence-electron chi connectivity index (χ4n) is 2.97. The first-order chi connectivity index (χ1) is 13.0. The quantitative estimate of drug-likeness (QED) is 0.653. The van der Waals surface area contributed by atoms with Gasteiger partial charge < -0.3 is 10.6 Å². The first-order valence-corrected chi connectivity index (χ1v) is 8.30. The van der Waals surface area contributed by atoms with E-state index in [2.05, 4.69) is 20.6 Å². The number of nitrogens with one attached hydrogen (secondary N) is 2. The number of benzene rings is 2. The number of fused-ring (bicyclic) bond motifs is 1. The van der Waals surface area contributed by atoms with Crippen molar-refractivity contribution < 1.29 is 13.2 Å². The van der Waals surface area contributed by atoms with Gasteiger partial charge in [0.1, 0.15) is 5.82 Å². The summed E-state index contributed by atoms with van der Waals surface area (Å²) in [6, 6.07) is 8.53. The van der Waals surface area contributed by atoms with Crippen molar-refractivity contribution in [2.24, 2.45) is 0 Å². The molecule has 4 rings (SSSR count). The molecule has 0 aliphatic heterocycles. The van der Waals surface area contributed by atoms with Crippen LogP contribution in [0.2, 0.25) is 0 Å². The lowest BCUT2D eigenvalue weighted by Crippen LogP contribution is -2.02. The van der Waals surface area contributed by atoms with Crippen LogP contribution in [0.1, 0.15) is 18.1 Å². The van der Waals surface area contributed by atoms with Crippen molar-refractivity contribution >= 4 is 29.2 Å². The van der Waals surface area contributed by atoms with Gasteiger partial charge in [0.05, 0.1) is 5.69 Å². The van der Waals surface area contributed by atoms with Gasteiger partial charge in [-0.15, -0.1) is 0 Å². The molecule has 0 bridgehead atoms. The molecule has 0 saturated carbocycles. The summed E-state index contributed by atoms with van der Waals surface area (Å²) in [5, 5.41) is 5.72. The maximum absolute atomic E-state index is 14.7. The molecule has 136 valence electrons. The summed E-state index contributed by atoms with van der Waals surface area (Å²) in [4.78, 5) is 8.27. The average Bonchev–Trinajstić information content (AvgIpc) is 3.02. The number of hydrogen-bond acceptors (Lipinski definition) is 4. The molecule has 1 aromatic heterocycles. The third-order valence-corrected chi connectivity index (χ3v) is 4.22. The van der Waals surface area contributed by atoms with Crippen LogP contribution in [0.25, 0.3) is 6.08 Å². The fraction of sp³-hybridized carbons (Fsp3) is 0.100. The number of rotatable bonds is 4. The summed E-state index contributed by atoms with van der Waals surface area (Å²) in [5.74, 6) is -1.71. The number of nitrogens with zero attached hydrogens (tertiary/aromatic N) is 2. The average molecular weight is 368 g/mol. The zero-order valence-corrected chi connectivity index (χ0v) is 14.4. The Labute approximate surface area is 153 Å². The predicted octanol–water partition coefficient (Wildman–Crippen LogP) is 5.34. The normalized spacial score (nSPS) is 12.5. The molecule has 0 saturated heterocycles. The van der Waals surface area contributed by atoms with Gasteiger partial charge in [-0.25, -0.2) is 18.2 Å². The number of hydrogen-bond donors (Lipinski definition) is 2. The smallest absolute Gasteiger partial charge is 0.229 e. The molecule has 7 heteroatoms. The Balaban J connectivity index is 1.57. The third-order valence-electron chi connectivity index (χ3n) is 4.22. The number of halogens is 3. The van der Waals surface area contributed by atoms with Crippen molar-refractivity contribution in [1.29, 1.82) is 0 Å². The lowest BCUT2D eigenvalue weighted by atomic mass is 10.1. The van der Waals surface area contributed by atoms with Crippen LogP contribution in [0.5, 0.6) is 0 Å². The second kappa shape index (κ2) is 6.75. The molecular weight excluding hydrogens is 353 g/mol. The summed E-state index contributed by atoms with van der Waals surface area (Å²) >= 11 is 0. The summed E-state index contributed by atoms with van der Waals surface area (Å²) < 4.78 is 41.1. The van der Waals surface area contributed by atoms with Crippen LogP contribution in [-0.4, -0.2) is 9.97 Å². The SMILES string of the molecule is CC1=Cc2c(ccc(Nc3ccnc(Nc4ccc(F)c(F)c4)n3)c2F)C1. The Morgan fingerprint density at radius 3 is 2.63 bits per heavy atom. The van der Waals surface area contributed by atoms with Crippen LogP contribution in [0, 0.1) is 17.5 Å². The van der Waals surface area contributed by atoms with Gasteiger partial charge in [0.15, 0.2) is 17.5 Å². The highest BCUT2D eigenvalue weighted by Crippen LogP contribution is 2.32. The zero-order valence-electron chi connectivity index (χ0n) is 14.4. The molecule has 1 heterocycles. The van der Waals surface area contributed by atoms with Crippen LogP contribution >= 0.6 is 0 Å². The fourth-order valence-corrected chi connectivity index (χ4v) is 2.97. The van der Waals surface area contributed by atoms with E-state index in [0.29, 0.717) is 22.8 Å². The van der Waals surface area contributed by atoms with Gasteiger partial charge >= 0.3 is 0 Å². The van der Waals surface area contributed by atoms with Gasteiger partial charge in [0.2, 0.25) is 5.95 Å². The number of aromatic nitrogens is 2. The van der Waals surface area contributed by atoms with Crippen LogP contribution in [0.15, 0.2) is 48.2 Å². The largest absolute Gasteiger partial charge is 0.338 e. The standard InChI is InChI=1S/C20H15F3N4/c1-11-8-12-2-5-17(19(23)14(12)9-11)26-18-6-7-24-20(27-18)25-13-3-4-15(21)16(22)10-13/h2-7,9-10H,8H2,1H3,(H2,24,25,26,27). The lowest BCUT2D eigenvalue weighted by Gasteiger charge is -2.11. The topological polar surface area (TPSA) is 49.8 Å². The van der Waals surface area contributed by atoms with Crippen molar-refractivity contribution in [3.8, 4) is 0 Å². The maximum Gasteiger partial charge on any atom is 0.229 e. The molecule has 2 aromatic carbocycles. The van der Waals surface area contributed by atoms with Gasteiger partial charge in [0.25, 0.3) is 0 Å². The van der Waals surface area contributed by atoms with E-state index in [0.717, 1.165) is 29.7 Å². The van der Waals surface area contributed by atoms with Crippen molar-refractivity contribution in [2.75, 3.05) is 10.6 Å². The van der Waals surface area contributed by atoms with Crippen molar-refractivity contribution in [3.63, 3.8) is 0 Å². The minimum atomic E-state index is -0.974. The Hall–Kier alpha value is -3.35. The molecule has 0 fully saturated rings. The van der Waals surface area contributed by atoms with E-state index < -0.39 is 11.6 Å². The monoisotopic (exact) mass is 368 g/mol. The molecular formula is C20H15F3N4. The summed E-state index contributed by atoms with van der Waals surface area (Å²) in [7, 11) is 0. The molecule has 1 aliphatic carbocycles. The van der Waals surface area contributed by atoms with E-state index in [1.807, 2.05) is 19.1 Å². The number of anilines is 4. The van der Waals surface area contributed by atoms with Crippen molar-refractivity contribution in [3.05, 3.63) is 76.7 Å². The third kappa shape index (κ3) is 3.48. The second-order valence-electron chi connectivity index (χ2n) is 6.31. The molecule has 0 atom stereocenters. The molecule has 1 aliphatic rings. The summed E-state index contributed by atoms with van der Waals surface area (Å²) in [6.45, 7) is 1.97. The Morgan fingerprint density at radius 2 is 1.81 bits per heavy atom. The Kier molecular flexibility index (Phi) is 4.27. The Morgan fingerprint density at radius 1 is 0.963 bits per heavy atom. The van der Waals surface area contributed by atoms with E-state index in [-0.39, 0.29) is 11.8 Å². The van der Waals surface area contributed by atoms with Gasteiger partial charge in [-0.2, -0.15) is 4.98 Å². The maximum atomic E-state index is 14.7. The molecule has 27 heavy (non-hydrogen) atoms. The van der Waals surface area contributed by atoms with Crippen molar-refractivity contribution in [2.45, 2.75) is 13.3 Å².